The van der Waals surface area contributed by atoms with Crippen LogP contribution in [0.25, 0.3) is 33.9 Å². The Morgan fingerprint density at radius 1 is 0.960 bits per heavy atom. The summed E-state index contributed by atoms with van der Waals surface area (Å²) in [5.41, 5.74) is 0.324. The number of aromatic hydroxyl groups is 1. The van der Waals surface area contributed by atoms with Crippen LogP contribution < -0.4 is 10.4 Å². The lowest BCUT2D eigenvalue weighted by atomic mass is 10.2. The molecule has 0 amide bonds. The number of hydrogen-bond acceptors (Lipinski definition) is 7. The molecule has 0 saturated carbocycles. The van der Waals surface area contributed by atoms with Gasteiger partial charge in [0.2, 0.25) is 0 Å². The number of phenolic OH excluding ortho intramolecular Hbond substituents is 1. The molecule has 0 spiro atoms. The van der Waals surface area contributed by atoms with Crippen LogP contribution in [0.2, 0.25) is 0 Å². The molecule has 0 atom stereocenters. The summed E-state index contributed by atoms with van der Waals surface area (Å²) >= 11 is 0. The van der Waals surface area contributed by atoms with E-state index >= 15 is 0 Å². The molecular weight excluding hydrogens is 324 g/mol. The van der Waals surface area contributed by atoms with E-state index in [4.69, 9.17) is 13.6 Å². The van der Waals surface area contributed by atoms with Gasteiger partial charge in [0, 0.05) is 11.5 Å². The zero-order valence-electron chi connectivity index (χ0n) is 13.1. The predicted octanol–water partition coefficient (Wildman–Crippen LogP) is 3.22. The molecule has 0 saturated heterocycles. The van der Waals surface area contributed by atoms with Crippen LogP contribution in [0, 0.1) is 0 Å². The minimum absolute atomic E-state index is 0.00957. The Balaban J connectivity index is 1.81. The van der Waals surface area contributed by atoms with Crippen LogP contribution in [0.4, 0.5) is 0 Å². The zero-order valence-corrected chi connectivity index (χ0v) is 13.1. The average molecular weight is 336 g/mol. The topological polar surface area (TPSA) is 98.6 Å². The van der Waals surface area contributed by atoms with E-state index in [1.165, 1.54) is 13.2 Å². The number of hydrogen-bond donors (Lipinski definition) is 1. The molecule has 0 aliphatic carbocycles. The average Bonchev–Trinajstić information content (AvgIpc) is 3.10. The molecule has 1 N–H and O–H groups in total. The molecule has 0 fully saturated rings. The van der Waals surface area contributed by atoms with Gasteiger partial charge in [0.05, 0.1) is 12.7 Å². The number of fused-ring (bicyclic) bond motifs is 1. The second-order valence-corrected chi connectivity index (χ2v) is 5.28. The first-order valence-corrected chi connectivity index (χ1v) is 7.40. The van der Waals surface area contributed by atoms with Gasteiger partial charge in [-0.3, -0.25) is 0 Å². The third kappa shape index (κ3) is 2.61. The van der Waals surface area contributed by atoms with Gasteiger partial charge in [-0.25, -0.2) is 4.79 Å². The highest BCUT2D eigenvalue weighted by atomic mass is 16.5. The Morgan fingerprint density at radius 2 is 1.72 bits per heavy atom. The van der Waals surface area contributed by atoms with E-state index in [1.807, 2.05) is 0 Å². The van der Waals surface area contributed by atoms with Crippen LogP contribution in [0.1, 0.15) is 0 Å². The van der Waals surface area contributed by atoms with Crippen LogP contribution in [-0.4, -0.2) is 22.4 Å². The molecule has 7 nitrogen and oxygen atoms in total. The van der Waals surface area contributed by atoms with E-state index in [1.54, 1.807) is 42.5 Å². The SMILES string of the molecule is COc1ccc2cc(-c3nnc(-c4ccccc4O)o3)c(=O)oc2c1. The summed E-state index contributed by atoms with van der Waals surface area (Å²) in [4.78, 5) is 12.3. The summed E-state index contributed by atoms with van der Waals surface area (Å²) in [5.74, 6) is 0.727. The van der Waals surface area contributed by atoms with Gasteiger partial charge in [-0.15, -0.1) is 10.2 Å². The molecule has 124 valence electrons. The number of aromatic nitrogens is 2. The fourth-order valence-electron chi connectivity index (χ4n) is 2.46. The van der Waals surface area contributed by atoms with E-state index < -0.39 is 5.63 Å². The molecule has 4 rings (SSSR count). The largest absolute Gasteiger partial charge is 0.507 e. The van der Waals surface area contributed by atoms with Crippen LogP contribution in [-0.2, 0) is 0 Å². The van der Waals surface area contributed by atoms with E-state index in [0.29, 0.717) is 22.3 Å². The van der Waals surface area contributed by atoms with Gasteiger partial charge in [0.15, 0.2) is 0 Å². The van der Waals surface area contributed by atoms with Crippen molar-refractivity contribution in [3.8, 4) is 34.4 Å². The molecule has 25 heavy (non-hydrogen) atoms. The van der Waals surface area contributed by atoms with Crippen LogP contribution >= 0.6 is 0 Å². The lowest BCUT2D eigenvalue weighted by molar-refractivity contribution is 0.414. The molecule has 0 aliphatic heterocycles. The predicted molar refractivity (Wildman–Crippen MR) is 89.4 cm³/mol. The van der Waals surface area contributed by atoms with E-state index in [0.717, 1.165) is 0 Å². The van der Waals surface area contributed by atoms with Gasteiger partial charge >= 0.3 is 5.63 Å². The summed E-state index contributed by atoms with van der Waals surface area (Å²) in [7, 11) is 1.53. The maximum Gasteiger partial charge on any atom is 0.349 e. The van der Waals surface area contributed by atoms with Crippen molar-refractivity contribution in [3.05, 3.63) is 59.0 Å². The quantitative estimate of drug-likeness (QED) is 0.573. The number of benzene rings is 2. The Bertz CT molecular complexity index is 1130. The van der Waals surface area contributed by atoms with Crippen molar-refractivity contribution >= 4 is 11.0 Å². The standard InChI is InChI=1S/C18H12N2O5/c1-23-11-7-6-10-8-13(18(22)24-15(10)9-11)17-20-19-16(25-17)12-4-2-3-5-14(12)21/h2-9,21H,1H3. The lowest BCUT2D eigenvalue weighted by Crippen LogP contribution is -2.03. The van der Waals surface area contributed by atoms with Crippen molar-refractivity contribution in [2.45, 2.75) is 0 Å². The number of methoxy groups -OCH3 is 1. The van der Waals surface area contributed by atoms with E-state index in [-0.39, 0.29) is 23.1 Å². The third-order valence-corrected chi connectivity index (χ3v) is 3.73. The van der Waals surface area contributed by atoms with Crippen molar-refractivity contribution in [1.82, 2.24) is 10.2 Å². The van der Waals surface area contributed by atoms with Crippen LogP contribution in [0.5, 0.6) is 11.5 Å². The summed E-state index contributed by atoms with van der Waals surface area (Å²) < 4.78 is 16.0. The van der Waals surface area contributed by atoms with Crippen molar-refractivity contribution < 1.29 is 18.7 Å². The summed E-state index contributed by atoms with van der Waals surface area (Å²) in [6, 6.07) is 13.3. The summed E-state index contributed by atoms with van der Waals surface area (Å²) in [6.07, 6.45) is 0. The molecule has 0 bridgehead atoms. The van der Waals surface area contributed by atoms with Crippen LogP contribution in [0.15, 0.2) is 62.2 Å². The van der Waals surface area contributed by atoms with E-state index in [2.05, 4.69) is 10.2 Å². The first-order chi connectivity index (χ1) is 12.2. The smallest absolute Gasteiger partial charge is 0.349 e. The number of rotatable bonds is 3. The summed E-state index contributed by atoms with van der Waals surface area (Å²) in [6.45, 7) is 0. The summed E-state index contributed by atoms with van der Waals surface area (Å²) in [5, 5.41) is 18.3. The van der Waals surface area contributed by atoms with Gasteiger partial charge in [0.25, 0.3) is 11.8 Å². The second-order valence-electron chi connectivity index (χ2n) is 5.28. The van der Waals surface area contributed by atoms with Gasteiger partial charge in [-0.05, 0) is 30.3 Å². The molecular formula is C18H12N2O5. The highest BCUT2D eigenvalue weighted by Crippen LogP contribution is 2.30. The van der Waals surface area contributed by atoms with Crippen molar-refractivity contribution in [1.29, 1.82) is 0 Å². The molecule has 2 aromatic carbocycles. The fourth-order valence-corrected chi connectivity index (χ4v) is 2.46. The number of phenols is 1. The van der Waals surface area contributed by atoms with Crippen molar-refractivity contribution in [2.75, 3.05) is 7.11 Å². The number of para-hydroxylation sites is 1. The van der Waals surface area contributed by atoms with Gasteiger partial charge in [0.1, 0.15) is 22.6 Å². The molecule has 4 aromatic rings. The Labute approximate surface area is 141 Å². The maximum absolute atomic E-state index is 12.3. The first-order valence-electron chi connectivity index (χ1n) is 7.40. The second kappa shape index (κ2) is 5.79. The van der Waals surface area contributed by atoms with Gasteiger partial charge < -0.3 is 18.7 Å². The zero-order chi connectivity index (χ0) is 17.4. The monoisotopic (exact) mass is 336 g/mol. The first kappa shape index (κ1) is 14.9. The number of ether oxygens (including phenoxy) is 1. The maximum atomic E-state index is 12.3. The Morgan fingerprint density at radius 3 is 2.48 bits per heavy atom. The molecule has 2 aromatic heterocycles. The molecule has 0 unspecified atom stereocenters. The Hall–Kier alpha value is -3.61. The molecule has 2 heterocycles. The Kier molecular flexibility index (Phi) is 3.46. The molecule has 7 heteroatoms. The highest BCUT2D eigenvalue weighted by molar-refractivity contribution is 5.81. The van der Waals surface area contributed by atoms with Crippen molar-refractivity contribution in [2.24, 2.45) is 0 Å². The van der Waals surface area contributed by atoms with Crippen LogP contribution in [0.3, 0.4) is 0 Å². The van der Waals surface area contributed by atoms with Gasteiger partial charge in [-0.1, -0.05) is 12.1 Å². The lowest BCUT2D eigenvalue weighted by Gasteiger charge is -2.02. The van der Waals surface area contributed by atoms with Crippen molar-refractivity contribution in [3.63, 3.8) is 0 Å². The molecule has 0 radical (unpaired) electrons. The fraction of sp³-hybridized carbons (Fsp3) is 0.0556. The van der Waals surface area contributed by atoms with Gasteiger partial charge in [-0.2, -0.15) is 0 Å². The minimum atomic E-state index is -0.603. The molecule has 0 aliphatic rings. The minimum Gasteiger partial charge on any atom is -0.507 e. The normalized spacial score (nSPS) is 10.9. The van der Waals surface area contributed by atoms with E-state index in [9.17, 15) is 9.90 Å². The number of nitrogens with zero attached hydrogens (tertiary/aromatic N) is 2. The third-order valence-electron chi connectivity index (χ3n) is 3.73. The highest BCUT2D eigenvalue weighted by Gasteiger charge is 2.17.